The summed E-state index contributed by atoms with van der Waals surface area (Å²) in [5.74, 6) is -0.509. The molecule has 2 aliphatic rings. The van der Waals surface area contributed by atoms with Crippen LogP contribution in [0.15, 0.2) is 77.3 Å². The van der Waals surface area contributed by atoms with Crippen molar-refractivity contribution in [1.29, 1.82) is 0 Å². The van der Waals surface area contributed by atoms with Gasteiger partial charge < -0.3 is 10.1 Å². The molecule has 3 aromatic rings. The maximum Gasteiger partial charge on any atom is 0.573 e. The Balaban J connectivity index is 1.47. The van der Waals surface area contributed by atoms with Crippen LogP contribution >= 0.6 is 15.9 Å². The molecule has 194 valence electrons. The zero-order chi connectivity index (χ0) is 26.2. The van der Waals surface area contributed by atoms with E-state index in [1.54, 1.807) is 11.0 Å². The Kier molecular flexibility index (Phi) is 6.93. The van der Waals surface area contributed by atoms with Gasteiger partial charge in [-0.2, -0.15) is 0 Å². The van der Waals surface area contributed by atoms with Gasteiger partial charge >= 0.3 is 6.36 Å². The first-order valence-electron chi connectivity index (χ1n) is 12.3. The molecule has 1 spiro atoms. The zero-order valence-corrected chi connectivity index (χ0v) is 21.8. The van der Waals surface area contributed by atoms with Crippen molar-refractivity contribution < 1.29 is 22.7 Å². The van der Waals surface area contributed by atoms with E-state index in [0.717, 1.165) is 29.7 Å². The Bertz CT molecular complexity index is 1260. The SMILES string of the molecule is CCC(c1ccccc1)N1CCC2(CC1)Nc1cc(Br)ccc1C(=O)N2c1ccc(OC(F)(F)F)cc1. The molecule has 3 aromatic carbocycles. The molecule has 0 aliphatic carbocycles. The number of hydrogen-bond acceptors (Lipinski definition) is 4. The van der Waals surface area contributed by atoms with Gasteiger partial charge in [0.25, 0.3) is 5.91 Å². The molecule has 1 N–H and O–H groups in total. The van der Waals surface area contributed by atoms with Crippen LogP contribution in [0.2, 0.25) is 0 Å². The highest BCUT2D eigenvalue weighted by Crippen LogP contribution is 2.43. The minimum atomic E-state index is -4.78. The molecule has 37 heavy (non-hydrogen) atoms. The predicted octanol–water partition coefficient (Wildman–Crippen LogP) is 7.36. The summed E-state index contributed by atoms with van der Waals surface area (Å²) >= 11 is 3.50. The minimum absolute atomic E-state index is 0.186. The average molecular weight is 574 g/mol. The maximum absolute atomic E-state index is 13.9. The van der Waals surface area contributed by atoms with Crippen molar-refractivity contribution in [3.8, 4) is 5.75 Å². The number of carbonyl (C=O) groups is 1. The number of piperidine rings is 1. The molecule has 1 atom stereocenters. The lowest BCUT2D eigenvalue weighted by molar-refractivity contribution is -0.274. The number of halogens is 4. The van der Waals surface area contributed by atoms with Crippen LogP contribution < -0.4 is 15.0 Å². The number of benzene rings is 3. The fourth-order valence-electron chi connectivity index (χ4n) is 5.52. The van der Waals surface area contributed by atoms with Gasteiger partial charge in [-0.3, -0.25) is 14.6 Å². The van der Waals surface area contributed by atoms with Crippen LogP contribution in [0, 0.1) is 0 Å². The third-order valence-electron chi connectivity index (χ3n) is 7.18. The number of rotatable bonds is 5. The second kappa shape index (κ2) is 10.0. The molecule has 1 unspecified atom stereocenters. The van der Waals surface area contributed by atoms with E-state index >= 15 is 0 Å². The van der Waals surface area contributed by atoms with Gasteiger partial charge in [0.2, 0.25) is 0 Å². The van der Waals surface area contributed by atoms with Gasteiger partial charge in [-0.05, 0) is 54.4 Å². The molecule has 2 heterocycles. The monoisotopic (exact) mass is 573 g/mol. The normalized spacial score (nSPS) is 18.3. The maximum atomic E-state index is 13.9. The minimum Gasteiger partial charge on any atom is -0.406 e. The number of anilines is 2. The third-order valence-corrected chi connectivity index (χ3v) is 7.67. The van der Waals surface area contributed by atoms with Crippen LogP contribution in [0.4, 0.5) is 24.5 Å². The molecule has 0 aromatic heterocycles. The Morgan fingerprint density at radius 2 is 1.70 bits per heavy atom. The summed E-state index contributed by atoms with van der Waals surface area (Å²) in [6.45, 7) is 3.68. The van der Waals surface area contributed by atoms with Crippen molar-refractivity contribution in [3.63, 3.8) is 0 Å². The molecule has 0 radical (unpaired) electrons. The summed E-state index contributed by atoms with van der Waals surface area (Å²) in [7, 11) is 0. The first-order valence-corrected chi connectivity index (χ1v) is 13.1. The third kappa shape index (κ3) is 5.20. The summed E-state index contributed by atoms with van der Waals surface area (Å²) in [5.41, 5.74) is 2.32. The van der Waals surface area contributed by atoms with Crippen molar-refractivity contribution in [2.45, 2.75) is 44.3 Å². The molecule has 1 fully saturated rings. The fraction of sp³-hybridized carbons (Fsp3) is 0.321. The number of alkyl halides is 3. The summed E-state index contributed by atoms with van der Waals surface area (Å²) in [4.78, 5) is 18.0. The predicted molar refractivity (Wildman–Crippen MR) is 141 cm³/mol. The summed E-state index contributed by atoms with van der Waals surface area (Å²) in [6.07, 6.45) is -2.52. The molecule has 9 heteroatoms. The number of likely N-dealkylation sites (tertiary alicyclic amines) is 1. The summed E-state index contributed by atoms with van der Waals surface area (Å²) in [6, 6.07) is 21.7. The summed E-state index contributed by atoms with van der Waals surface area (Å²) in [5, 5.41) is 3.64. The first-order chi connectivity index (χ1) is 17.7. The topological polar surface area (TPSA) is 44.8 Å². The van der Waals surface area contributed by atoms with E-state index in [1.807, 2.05) is 30.3 Å². The van der Waals surface area contributed by atoms with Crippen LogP contribution in [0.1, 0.15) is 48.1 Å². The van der Waals surface area contributed by atoms with Crippen LogP contribution in [0.5, 0.6) is 5.75 Å². The van der Waals surface area contributed by atoms with Crippen LogP contribution in [-0.2, 0) is 0 Å². The Morgan fingerprint density at radius 1 is 1.03 bits per heavy atom. The lowest BCUT2D eigenvalue weighted by atomic mass is 9.88. The van der Waals surface area contributed by atoms with Crippen LogP contribution in [0.25, 0.3) is 0 Å². The van der Waals surface area contributed by atoms with Crippen molar-refractivity contribution >= 4 is 33.2 Å². The van der Waals surface area contributed by atoms with Crippen molar-refractivity contribution in [1.82, 2.24) is 4.90 Å². The zero-order valence-electron chi connectivity index (χ0n) is 20.3. The molecule has 2 aliphatic heterocycles. The largest absolute Gasteiger partial charge is 0.573 e. The van der Waals surface area contributed by atoms with Gasteiger partial charge in [0.05, 0.1) is 5.56 Å². The van der Waals surface area contributed by atoms with Gasteiger partial charge in [0.15, 0.2) is 0 Å². The van der Waals surface area contributed by atoms with Gasteiger partial charge in [-0.1, -0.05) is 53.2 Å². The number of ether oxygens (including phenoxy) is 1. The number of fused-ring (bicyclic) bond motifs is 1. The van der Waals surface area contributed by atoms with Crippen molar-refractivity contribution in [2.75, 3.05) is 23.3 Å². The van der Waals surface area contributed by atoms with E-state index in [4.69, 9.17) is 0 Å². The quantitative estimate of drug-likeness (QED) is 0.346. The van der Waals surface area contributed by atoms with Gasteiger partial charge in [-0.25, -0.2) is 0 Å². The molecule has 0 bridgehead atoms. The van der Waals surface area contributed by atoms with E-state index in [0.29, 0.717) is 24.1 Å². The molecule has 5 nitrogen and oxygen atoms in total. The van der Waals surface area contributed by atoms with Gasteiger partial charge in [0, 0.05) is 47.8 Å². The van der Waals surface area contributed by atoms with E-state index in [-0.39, 0.29) is 17.7 Å². The molecule has 0 saturated carbocycles. The second-order valence-electron chi connectivity index (χ2n) is 9.40. The highest BCUT2D eigenvalue weighted by Gasteiger charge is 2.48. The number of amides is 1. The number of carbonyl (C=O) groups excluding carboxylic acids is 1. The lowest BCUT2D eigenvalue weighted by Gasteiger charge is -2.53. The Morgan fingerprint density at radius 3 is 2.32 bits per heavy atom. The fourth-order valence-corrected chi connectivity index (χ4v) is 5.88. The first kappa shape index (κ1) is 25.6. The van der Waals surface area contributed by atoms with E-state index in [2.05, 4.69) is 49.9 Å². The summed E-state index contributed by atoms with van der Waals surface area (Å²) < 4.78 is 43.0. The molecule has 1 saturated heterocycles. The van der Waals surface area contributed by atoms with Crippen LogP contribution in [-0.4, -0.2) is 35.9 Å². The van der Waals surface area contributed by atoms with Crippen molar-refractivity contribution in [2.24, 2.45) is 0 Å². The smallest absolute Gasteiger partial charge is 0.406 e. The second-order valence-corrected chi connectivity index (χ2v) is 10.3. The van der Waals surface area contributed by atoms with E-state index in [9.17, 15) is 18.0 Å². The van der Waals surface area contributed by atoms with Crippen molar-refractivity contribution in [3.05, 3.63) is 88.4 Å². The lowest BCUT2D eigenvalue weighted by Crippen LogP contribution is -2.64. The molecule has 1 amide bonds. The molecular formula is C28H27BrF3N3O2. The van der Waals surface area contributed by atoms with E-state index < -0.39 is 12.0 Å². The number of hydrogen-bond donors (Lipinski definition) is 1. The van der Waals surface area contributed by atoms with Gasteiger partial charge in [0.1, 0.15) is 11.4 Å². The van der Waals surface area contributed by atoms with Crippen LogP contribution in [0.3, 0.4) is 0 Å². The van der Waals surface area contributed by atoms with Gasteiger partial charge in [-0.15, -0.1) is 13.2 Å². The molecule has 5 rings (SSSR count). The number of nitrogens with zero attached hydrogens (tertiary/aromatic N) is 2. The van der Waals surface area contributed by atoms with E-state index in [1.165, 1.54) is 29.8 Å². The molecular weight excluding hydrogens is 547 g/mol. The standard InChI is InChI=1S/C28H27BrF3N3O2/c1-2-25(19-6-4-3-5-7-19)34-16-14-27(15-17-34)33-24-18-20(29)8-13-23(24)26(36)35(27)21-9-11-22(12-10-21)37-28(30,31)32/h3-13,18,25,33H,2,14-17H2,1H3. The number of nitrogens with one attached hydrogen (secondary N) is 1. The highest BCUT2D eigenvalue weighted by atomic mass is 79.9. The average Bonchev–Trinajstić information content (AvgIpc) is 2.86. The Hall–Kier alpha value is -3.04. The highest BCUT2D eigenvalue weighted by molar-refractivity contribution is 9.10. The Labute approximate surface area is 222 Å².